The molecule has 1 aromatic carbocycles. The van der Waals surface area contributed by atoms with Gasteiger partial charge in [0, 0.05) is 29.0 Å². The maximum Gasteiger partial charge on any atom is 0.200 e. The monoisotopic (exact) mass is 448 g/mol. The second kappa shape index (κ2) is 6.06. The minimum Gasteiger partial charge on any atom is -0.300 e. The molecule has 0 saturated carbocycles. The highest BCUT2D eigenvalue weighted by molar-refractivity contribution is 9.10. The molecule has 0 fully saturated rings. The predicted octanol–water partition coefficient (Wildman–Crippen LogP) is 3.71. The summed E-state index contributed by atoms with van der Waals surface area (Å²) in [5, 5.41) is 7.77. The van der Waals surface area contributed by atoms with Gasteiger partial charge in [0.25, 0.3) is 0 Å². The van der Waals surface area contributed by atoms with Crippen molar-refractivity contribution in [2.24, 2.45) is 0 Å². The van der Waals surface area contributed by atoms with Crippen molar-refractivity contribution in [3.05, 3.63) is 62.4 Å². The van der Waals surface area contributed by atoms with E-state index in [0.717, 1.165) is 8.95 Å². The third kappa shape index (κ3) is 2.81. The summed E-state index contributed by atoms with van der Waals surface area (Å²) in [6.45, 7) is 2.08. The van der Waals surface area contributed by atoms with Crippen LogP contribution < -0.4 is 5.32 Å². The van der Waals surface area contributed by atoms with Gasteiger partial charge in [-0.15, -0.1) is 0 Å². The number of hydrogen-bond acceptors (Lipinski definition) is 4. The third-order valence-corrected chi connectivity index (χ3v) is 5.20. The van der Waals surface area contributed by atoms with Crippen molar-refractivity contribution in [3.63, 3.8) is 0 Å². The maximum atomic E-state index is 12.9. The number of benzene rings is 1. The number of carbonyl (C=O) groups excluding carboxylic acids is 1. The lowest BCUT2D eigenvalue weighted by atomic mass is 9.89. The van der Waals surface area contributed by atoms with E-state index in [2.05, 4.69) is 66.3 Å². The zero-order valence-electron chi connectivity index (χ0n) is 12.8. The molecule has 0 radical (unpaired) electrons. The van der Waals surface area contributed by atoms with Crippen LogP contribution in [0.15, 0.2) is 45.6 Å². The lowest BCUT2D eigenvalue weighted by Gasteiger charge is -2.30. The van der Waals surface area contributed by atoms with Crippen LogP contribution in [0.3, 0.4) is 0 Å². The minimum absolute atomic E-state index is 0.00546. The van der Waals surface area contributed by atoms with Crippen molar-refractivity contribution in [1.82, 2.24) is 19.9 Å². The molecule has 0 saturated heterocycles. The molecule has 3 heterocycles. The van der Waals surface area contributed by atoms with E-state index in [1.807, 2.05) is 6.07 Å². The van der Waals surface area contributed by atoms with E-state index in [9.17, 15) is 4.79 Å². The van der Waals surface area contributed by atoms with Gasteiger partial charge in [-0.3, -0.25) is 4.79 Å². The van der Waals surface area contributed by atoms with Gasteiger partial charge in [0.1, 0.15) is 5.69 Å². The van der Waals surface area contributed by atoms with E-state index < -0.39 is 0 Å². The van der Waals surface area contributed by atoms with E-state index >= 15 is 0 Å². The van der Waals surface area contributed by atoms with Crippen LogP contribution in [0.5, 0.6) is 0 Å². The van der Waals surface area contributed by atoms with Crippen LogP contribution in [-0.4, -0.2) is 26.4 Å². The third-order valence-electron chi connectivity index (χ3n) is 4.30. The largest absolute Gasteiger partial charge is 0.300 e. The fraction of sp³-hybridized carbons (Fsp3) is 0.235. The highest BCUT2D eigenvalue weighted by atomic mass is 79.9. The van der Waals surface area contributed by atoms with Crippen LogP contribution in [0.25, 0.3) is 5.65 Å². The zero-order valence-corrected chi connectivity index (χ0v) is 16.0. The first-order valence-electron chi connectivity index (χ1n) is 7.61. The number of nitrogens with one attached hydrogen (secondary N) is 1. The van der Waals surface area contributed by atoms with Crippen molar-refractivity contribution in [3.8, 4) is 0 Å². The Morgan fingerprint density at radius 1 is 1.29 bits per heavy atom. The second-order valence-electron chi connectivity index (χ2n) is 5.96. The average Bonchev–Trinajstić information content (AvgIpc) is 2.96. The van der Waals surface area contributed by atoms with Gasteiger partial charge in [0.05, 0.1) is 10.5 Å². The Kier molecular flexibility index (Phi) is 4.02. The second-order valence-corrected chi connectivity index (χ2v) is 7.79. The van der Waals surface area contributed by atoms with Gasteiger partial charge < -0.3 is 5.32 Å². The van der Waals surface area contributed by atoms with Gasteiger partial charge in [0.2, 0.25) is 0 Å². The van der Waals surface area contributed by atoms with Gasteiger partial charge in [-0.1, -0.05) is 22.0 Å². The number of Topliss-reactive ketones (excluding diaryl/α,β-unsaturated/α-hetero) is 1. The Labute approximate surface area is 155 Å². The Hall–Kier alpha value is -1.57. The van der Waals surface area contributed by atoms with E-state index in [1.54, 1.807) is 23.0 Å². The summed E-state index contributed by atoms with van der Waals surface area (Å²) in [6.07, 6.45) is 4.14. The first-order chi connectivity index (χ1) is 11.5. The number of halogens is 2. The smallest absolute Gasteiger partial charge is 0.200 e. The Morgan fingerprint density at radius 3 is 2.96 bits per heavy atom. The fourth-order valence-corrected chi connectivity index (χ4v) is 3.87. The molecule has 3 aromatic rings. The van der Waals surface area contributed by atoms with Crippen LogP contribution in [0, 0.1) is 0 Å². The maximum absolute atomic E-state index is 12.9. The summed E-state index contributed by atoms with van der Waals surface area (Å²) in [5.74, 6) is -0.00546. The summed E-state index contributed by atoms with van der Waals surface area (Å²) < 4.78 is 3.47. The van der Waals surface area contributed by atoms with Crippen LogP contribution in [-0.2, 0) is 6.42 Å². The van der Waals surface area contributed by atoms with Gasteiger partial charge >= 0.3 is 0 Å². The number of ketones is 1. The summed E-state index contributed by atoms with van der Waals surface area (Å²) in [4.78, 5) is 17.2. The van der Waals surface area contributed by atoms with E-state index in [4.69, 9.17) is 0 Å². The van der Waals surface area contributed by atoms with Crippen molar-refractivity contribution in [1.29, 1.82) is 0 Å². The molecule has 2 aromatic heterocycles. The van der Waals surface area contributed by atoms with E-state index in [0.29, 0.717) is 17.8 Å². The molecule has 4 rings (SSSR count). The predicted molar refractivity (Wildman–Crippen MR) is 98.2 cm³/mol. The van der Waals surface area contributed by atoms with Crippen molar-refractivity contribution < 1.29 is 4.79 Å². The number of hydrogen-bond donors (Lipinski definition) is 1. The van der Waals surface area contributed by atoms with Crippen LogP contribution in [0.4, 0.5) is 0 Å². The summed E-state index contributed by atoms with van der Waals surface area (Å²) >= 11 is 6.87. The van der Waals surface area contributed by atoms with Gasteiger partial charge in [-0.2, -0.15) is 5.10 Å². The van der Waals surface area contributed by atoms with Gasteiger partial charge in [0.15, 0.2) is 11.4 Å². The highest BCUT2D eigenvalue weighted by Gasteiger charge is 2.30. The Bertz CT molecular complexity index is 953. The molecule has 7 heteroatoms. The zero-order chi connectivity index (χ0) is 16.8. The highest BCUT2D eigenvalue weighted by Crippen LogP contribution is 2.28. The van der Waals surface area contributed by atoms with Crippen molar-refractivity contribution in [2.75, 3.05) is 0 Å². The molecular formula is C17H14Br2N4O. The van der Waals surface area contributed by atoms with Crippen molar-refractivity contribution in [2.45, 2.75) is 25.4 Å². The molecule has 5 nitrogen and oxygen atoms in total. The van der Waals surface area contributed by atoms with Gasteiger partial charge in [-0.05, 0) is 52.5 Å². The molecule has 0 spiro atoms. The van der Waals surface area contributed by atoms with E-state index in [-0.39, 0.29) is 17.9 Å². The SMILES string of the molecule is CC1NC(C(=O)c2cc3ncc(Br)cn3n2)Cc2cc(Br)ccc21. The first kappa shape index (κ1) is 15.9. The van der Waals surface area contributed by atoms with Crippen LogP contribution >= 0.6 is 31.9 Å². The molecule has 1 aliphatic rings. The number of carbonyl (C=O) groups is 1. The molecule has 2 atom stereocenters. The molecule has 0 bridgehead atoms. The number of fused-ring (bicyclic) bond motifs is 2. The van der Waals surface area contributed by atoms with Gasteiger partial charge in [-0.25, -0.2) is 9.50 Å². The average molecular weight is 450 g/mol. The molecule has 0 aliphatic carbocycles. The van der Waals surface area contributed by atoms with Crippen molar-refractivity contribution >= 4 is 43.3 Å². The first-order valence-corrected chi connectivity index (χ1v) is 9.19. The number of nitrogens with zero attached hydrogens (tertiary/aromatic N) is 3. The lowest BCUT2D eigenvalue weighted by molar-refractivity contribution is 0.0926. The molecule has 0 amide bonds. The minimum atomic E-state index is -0.282. The van der Waals surface area contributed by atoms with Crippen LogP contribution in [0.2, 0.25) is 0 Å². The quantitative estimate of drug-likeness (QED) is 0.606. The normalized spacial score (nSPS) is 20.1. The Morgan fingerprint density at radius 2 is 2.12 bits per heavy atom. The molecule has 2 unspecified atom stereocenters. The summed E-state index contributed by atoms with van der Waals surface area (Å²) in [7, 11) is 0. The molecule has 122 valence electrons. The fourth-order valence-electron chi connectivity index (χ4n) is 3.17. The van der Waals surface area contributed by atoms with Crippen LogP contribution in [0.1, 0.15) is 34.6 Å². The lowest BCUT2D eigenvalue weighted by Crippen LogP contribution is -2.44. The number of rotatable bonds is 2. The molecular weight excluding hydrogens is 436 g/mol. The van der Waals surface area contributed by atoms with E-state index in [1.165, 1.54) is 11.1 Å². The molecule has 1 aliphatic heterocycles. The molecule has 24 heavy (non-hydrogen) atoms. The Balaban J connectivity index is 1.66. The molecule has 1 N–H and O–H groups in total. The summed E-state index contributed by atoms with van der Waals surface area (Å²) in [5.41, 5.74) is 3.53. The standard InChI is InChI=1S/C17H14Br2N4O/c1-9-13-3-2-11(18)4-10(13)5-14(21-9)17(24)15-6-16-20-7-12(19)8-23(16)22-15/h2-4,6-9,14,21H,5H2,1H3. The topological polar surface area (TPSA) is 59.3 Å². The summed E-state index contributed by atoms with van der Waals surface area (Å²) in [6, 6.07) is 7.80. The number of aromatic nitrogens is 3.